The van der Waals surface area contributed by atoms with Gasteiger partial charge in [-0.2, -0.15) is 18.3 Å². The molecule has 0 spiro atoms. The van der Waals surface area contributed by atoms with Crippen LogP contribution in [0.3, 0.4) is 0 Å². The van der Waals surface area contributed by atoms with E-state index in [4.69, 9.17) is 5.11 Å². The van der Waals surface area contributed by atoms with Gasteiger partial charge >= 0.3 is 6.18 Å². The van der Waals surface area contributed by atoms with E-state index in [9.17, 15) is 13.2 Å². The third-order valence-corrected chi connectivity index (χ3v) is 2.14. The van der Waals surface area contributed by atoms with Crippen LogP contribution < -0.4 is 0 Å². The first-order valence-electron chi connectivity index (χ1n) is 4.68. The fourth-order valence-corrected chi connectivity index (χ4v) is 1.30. The lowest BCUT2D eigenvalue weighted by Crippen LogP contribution is -2.19. The van der Waals surface area contributed by atoms with E-state index < -0.39 is 12.3 Å². The Balaban J connectivity index is 2.28. The van der Waals surface area contributed by atoms with Crippen LogP contribution in [0.5, 0.6) is 0 Å². The van der Waals surface area contributed by atoms with Crippen molar-refractivity contribution in [2.24, 2.45) is 0 Å². The summed E-state index contributed by atoms with van der Waals surface area (Å²) in [5, 5.41) is 12.8. The summed E-state index contributed by atoms with van der Waals surface area (Å²) in [7, 11) is 0. The Hall–Kier alpha value is -1.89. The molecule has 2 heterocycles. The highest BCUT2D eigenvalue weighted by Gasteiger charge is 2.40. The molecule has 1 unspecified atom stereocenters. The lowest BCUT2D eigenvalue weighted by molar-refractivity contribution is -0.206. The fourth-order valence-electron chi connectivity index (χ4n) is 1.30. The highest BCUT2D eigenvalue weighted by atomic mass is 19.4. The van der Waals surface area contributed by atoms with Gasteiger partial charge in [0.05, 0.1) is 18.1 Å². The van der Waals surface area contributed by atoms with E-state index >= 15 is 0 Å². The van der Waals surface area contributed by atoms with Gasteiger partial charge in [-0.1, -0.05) is 0 Å². The Kier molecular flexibility index (Phi) is 2.84. The predicted octanol–water partition coefficient (Wildman–Crippen LogP) is 1.86. The molecule has 0 saturated heterocycles. The van der Waals surface area contributed by atoms with Crippen LogP contribution in [0.1, 0.15) is 11.7 Å². The van der Waals surface area contributed by atoms with Crippen molar-refractivity contribution in [1.29, 1.82) is 0 Å². The fraction of sp³-hybridized carbons (Fsp3) is 0.200. The van der Waals surface area contributed by atoms with E-state index in [1.807, 2.05) is 0 Å². The van der Waals surface area contributed by atoms with Gasteiger partial charge in [0.25, 0.3) is 0 Å². The first kappa shape index (κ1) is 11.6. The van der Waals surface area contributed by atoms with Crippen LogP contribution in [0, 0.1) is 0 Å². The quantitative estimate of drug-likeness (QED) is 0.875. The zero-order valence-corrected chi connectivity index (χ0v) is 8.46. The molecule has 1 atom stereocenters. The molecule has 1 N–H and O–H groups in total. The second kappa shape index (κ2) is 4.17. The van der Waals surface area contributed by atoms with Crippen LogP contribution in [-0.2, 0) is 0 Å². The molecular weight excluding hydrogens is 235 g/mol. The molecule has 0 aliphatic carbocycles. The van der Waals surface area contributed by atoms with Gasteiger partial charge < -0.3 is 5.11 Å². The van der Waals surface area contributed by atoms with Crippen LogP contribution in [0.25, 0.3) is 5.69 Å². The minimum atomic E-state index is -4.69. The van der Waals surface area contributed by atoms with Crippen LogP contribution in [0.2, 0.25) is 0 Å². The van der Waals surface area contributed by atoms with Gasteiger partial charge in [-0.25, -0.2) is 4.68 Å². The number of alkyl halides is 3. The van der Waals surface area contributed by atoms with Gasteiger partial charge in [-0.05, 0) is 12.1 Å². The molecular formula is C10H8F3N3O. The minimum Gasteiger partial charge on any atom is -0.379 e. The number of halogens is 3. The van der Waals surface area contributed by atoms with Crippen molar-refractivity contribution < 1.29 is 18.3 Å². The molecule has 0 fully saturated rings. The molecule has 0 radical (unpaired) electrons. The normalized spacial score (nSPS) is 13.6. The maximum Gasteiger partial charge on any atom is 0.418 e. The van der Waals surface area contributed by atoms with Gasteiger partial charge in [-0.15, -0.1) is 0 Å². The van der Waals surface area contributed by atoms with E-state index in [2.05, 4.69) is 10.1 Å². The standard InChI is InChI=1S/C10H8F3N3O/c11-10(12,13)9(17)7-4-15-16(6-7)8-2-1-3-14-5-8/h1-6,9,17H. The van der Waals surface area contributed by atoms with E-state index in [0.29, 0.717) is 5.69 Å². The molecule has 2 aromatic rings. The largest absolute Gasteiger partial charge is 0.418 e. The van der Waals surface area contributed by atoms with Crippen molar-refractivity contribution in [1.82, 2.24) is 14.8 Å². The number of hydrogen-bond donors (Lipinski definition) is 1. The monoisotopic (exact) mass is 243 g/mol. The molecule has 0 amide bonds. The van der Waals surface area contributed by atoms with E-state index in [1.54, 1.807) is 18.3 Å². The first-order valence-corrected chi connectivity index (χ1v) is 4.68. The molecule has 4 nitrogen and oxygen atoms in total. The zero-order chi connectivity index (χ0) is 12.5. The van der Waals surface area contributed by atoms with Gasteiger partial charge in [0.15, 0.2) is 6.10 Å². The summed E-state index contributed by atoms with van der Waals surface area (Å²) in [5.41, 5.74) is 0.217. The summed E-state index contributed by atoms with van der Waals surface area (Å²) in [5.74, 6) is 0. The molecule has 2 aromatic heterocycles. The third-order valence-electron chi connectivity index (χ3n) is 2.14. The van der Waals surface area contributed by atoms with Crippen LogP contribution >= 0.6 is 0 Å². The Morgan fingerprint density at radius 3 is 2.65 bits per heavy atom. The number of aromatic nitrogens is 3. The molecule has 0 saturated carbocycles. The lowest BCUT2D eigenvalue weighted by Gasteiger charge is -2.11. The number of pyridine rings is 1. The molecule has 2 rings (SSSR count). The van der Waals surface area contributed by atoms with Gasteiger partial charge in [0.2, 0.25) is 0 Å². The molecule has 0 aliphatic rings. The highest BCUT2D eigenvalue weighted by Crippen LogP contribution is 2.32. The molecule has 17 heavy (non-hydrogen) atoms. The van der Waals surface area contributed by atoms with Crippen molar-refractivity contribution in [3.05, 3.63) is 42.5 Å². The third kappa shape index (κ3) is 2.44. The van der Waals surface area contributed by atoms with Crippen LogP contribution in [-0.4, -0.2) is 26.0 Å². The average molecular weight is 243 g/mol. The number of rotatable bonds is 2. The summed E-state index contributed by atoms with van der Waals surface area (Å²) in [6.45, 7) is 0. The van der Waals surface area contributed by atoms with E-state index in [1.165, 1.54) is 10.9 Å². The lowest BCUT2D eigenvalue weighted by atomic mass is 10.2. The average Bonchev–Trinajstić information content (AvgIpc) is 2.77. The van der Waals surface area contributed by atoms with Crippen LogP contribution in [0.4, 0.5) is 13.2 Å². The van der Waals surface area contributed by atoms with Crippen LogP contribution in [0.15, 0.2) is 36.9 Å². The molecule has 0 bridgehead atoms. The Morgan fingerprint density at radius 2 is 2.06 bits per heavy atom. The summed E-state index contributed by atoms with van der Waals surface area (Å²) in [6.07, 6.45) is -2.12. The summed E-state index contributed by atoms with van der Waals surface area (Å²) in [6, 6.07) is 3.28. The van der Waals surface area contributed by atoms with Gasteiger partial charge in [0, 0.05) is 18.0 Å². The van der Waals surface area contributed by atoms with E-state index in [-0.39, 0.29) is 5.56 Å². The Bertz CT molecular complexity index is 495. The summed E-state index contributed by atoms with van der Waals surface area (Å²) in [4.78, 5) is 3.82. The minimum absolute atomic E-state index is 0.304. The second-order valence-electron chi connectivity index (χ2n) is 3.37. The molecule has 0 aromatic carbocycles. The van der Waals surface area contributed by atoms with Crippen molar-refractivity contribution in [2.75, 3.05) is 0 Å². The second-order valence-corrected chi connectivity index (χ2v) is 3.37. The van der Waals surface area contributed by atoms with Gasteiger partial charge in [-0.3, -0.25) is 4.98 Å². The van der Waals surface area contributed by atoms with Crippen molar-refractivity contribution in [3.63, 3.8) is 0 Å². The van der Waals surface area contributed by atoms with Crippen molar-refractivity contribution in [3.8, 4) is 5.69 Å². The molecule has 90 valence electrons. The predicted molar refractivity (Wildman–Crippen MR) is 52.4 cm³/mol. The summed E-state index contributed by atoms with van der Waals surface area (Å²) >= 11 is 0. The van der Waals surface area contributed by atoms with Gasteiger partial charge in [0.1, 0.15) is 0 Å². The number of nitrogens with zero attached hydrogens (tertiary/aromatic N) is 3. The van der Waals surface area contributed by atoms with Crippen molar-refractivity contribution >= 4 is 0 Å². The Morgan fingerprint density at radius 1 is 1.29 bits per heavy atom. The topological polar surface area (TPSA) is 50.9 Å². The smallest absolute Gasteiger partial charge is 0.379 e. The SMILES string of the molecule is OC(c1cnn(-c2cccnc2)c1)C(F)(F)F. The maximum absolute atomic E-state index is 12.2. The summed E-state index contributed by atoms with van der Waals surface area (Å²) < 4.78 is 38.0. The van der Waals surface area contributed by atoms with Crippen molar-refractivity contribution in [2.45, 2.75) is 12.3 Å². The molecule has 0 aliphatic heterocycles. The zero-order valence-electron chi connectivity index (χ0n) is 8.46. The maximum atomic E-state index is 12.2. The number of hydrogen-bond acceptors (Lipinski definition) is 3. The highest BCUT2D eigenvalue weighted by molar-refractivity contribution is 5.28. The van der Waals surface area contributed by atoms with E-state index in [0.717, 1.165) is 12.4 Å². The Labute approximate surface area is 94.3 Å². The number of aliphatic hydroxyl groups excluding tert-OH is 1. The number of aliphatic hydroxyl groups is 1. The molecule has 7 heteroatoms. The first-order chi connectivity index (χ1) is 7.98.